The quantitative estimate of drug-likeness (QED) is 0.695. The minimum absolute atomic E-state index is 0.229. The van der Waals surface area contributed by atoms with E-state index < -0.39 is 0 Å². The lowest BCUT2D eigenvalue weighted by molar-refractivity contribution is -0.131. The van der Waals surface area contributed by atoms with Gasteiger partial charge < -0.3 is 4.90 Å². The minimum atomic E-state index is 0.229. The molecule has 0 bridgehead atoms. The number of nitrogens with zero attached hydrogens (tertiary/aromatic N) is 1. The van der Waals surface area contributed by atoms with Crippen LogP contribution < -0.4 is 0 Å². The monoisotopic (exact) mass is 215 g/mol. The Morgan fingerprint density at radius 1 is 1.31 bits per heavy atom. The highest BCUT2D eigenvalue weighted by atomic mass is 16.2. The Bertz CT molecular complexity index is 409. The maximum absolute atomic E-state index is 12.0. The van der Waals surface area contributed by atoms with Crippen LogP contribution in [0.4, 0.5) is 0 Å². The molecule has 0 aromatic heterocycles. The summed E-state index contributed by atoms with van der Waals surface area (Å²) >= 11 is 0. The number of allylic oxidation sites excluding steroid dienone is 1. The van der Waals surface area contributed by atoms with Crippen LogP contribution in [-0.4, -0.2) is 10.8 Å². The first kappa shape index (κ1) is 10.9. The lowest BCUT2D eigenvalue weighted by Crippen LogP contribution is -2.25. The van der Waals surface area contributed by atoms with Crippen LogP contribution in [0.15, 0.2) is 35.9 Å². The molecular weight excluding hydrogens is 198 g/mol. The Morgan fingerprint density at radius 2 is 1.88 bits per heavy atom. The molecule has 1 aliphatic rings. The summed E-state index contributed by atoms with van der Waals surface area (Å²) in [5, 5.41) is 0. The van der Waals surface area contributed by atoms with Crippen molar-refractivity contribution in [3.8, 4) is 0 Å². The number of hydrogen-bond acceptors (Lipinski definition) is 1. The van der Waals surface area contributed by atoms with Crippen LogP contribution in [0.2, 0.25) is 0 Å². The molecule has 0 atom stereocenters. The Hall–Kier alpha value is -1.57. The molecule has 0 unspecified atom stereocenters. The van der Waals surface area contributed by atoms with Crippen molar-refractivity contribution in [3.05, 3.63) is 47.0 Å². The van der Waals surface area contributed by atoms with Crippen molar-refractivity contribution in [3.63, 3.8) is 0 Å². The second-order valence-electron chi connectivity index (χ2n) is 4.33. The van der Waals surface area contributed by atoms with E-state index in [1.165, 1.54) is 11.1 Å². The fraction of sp³-hybridized carbons (Fsp3) is 0.357. The normalized spacial score (nSPS) is 15.1. The first-order valence-corrected chi connectivity index (χ1v) is 5.67. The molecule has 0 aliphatic carbocycles. The van der Waals surface area contributed by atoms with Gasteiger partial charge in [0.05, 0.1) is 0 Å². The SMILES string of the molecule is C/C=C(\C)CC(=O)N1Cc2ccccc2C1. The van der Waals surface area contributed by atoms with Gasteiger partial charge in [0.1, 0.15) is 0 Å². The minimum Gasteiger partial charge on any atom is -0.334 e. The van der Waals surface area contributed by atoms with E-state index in [4.69, 9.17) is 0 Å². The summed E-state index contributed by atoms with van der Waals surface area (Å²) in [6, 6.07) is 8.27. The van der Waals surface area contributed by atoms with Gasteiger partial charge in [-0.15, -0.1) is 0 Å². The summed E-state index contributed by atoms with van der Waals surface area (Å²) < 4.78 is 0. The van der Waals surface area contributed by atoms with Crippen LogP contribution in [-0.2, 0) is 17.9 Å². The van der Waals surface area contributed by atoms with Crippen molar-refractivity contribution in [2.75, 3.05) is 0 Å². The van der Waals surface area contributed by atoms with Crippen LogP contribution in [0.3, 0.4) is 0 Å². The molecule has 1 heterocycles. The van der Waals surface area contributed by atoms with Gasteiger partial charge in [0.15, 0.2) is 0 Å². The fourth-order valence-electron chi connectivity index (χ4n) is 1.96. The van der Waals surface area contributed by atoms with Crippen LogP contribution in [0.25, 0.3) is 0 Å². The predicted molar refractivity (Wildman–Crippen MR) is 64.7 cm³/mol. The summed E-state index contributed by atoms with van der Waals surface area (Å²) in [5.41, 5.74) is 3.71. The smallest absolute Gasteiger partial charge is 0.227 e. The highest BCUT2D eigenvalue weighted by Crippen LogP contribution is 2.23. The maximum Gasteiger partial charge on any atom is 0.227 e. The van der Waals surface area contributed by atoms with Gasteiger partial charge in [-0.25, -0.2) is 0 Å². The summed E-state index contributed by atoms with van der Waals surface area (Å²) in [6.45, 7) is 5.51. The molecular formula is C14H17NO. The average Bonchev–Trinajstić information content (AvgIpc) is 2.72. The number of carbonyl (C=O) groups excluding carboxylic acids is 1. The van der Waals surface area contributed by atoms with Gasteiger partial charge >= 0.3 is 0 Å². The Balaban J connectivity index is 2.04. The van der Waals surface area contributed by atoms with Crippen molar-refractivity contribution in [1.82, 2.24) is 4.90 Å². The summed E-state index contributed by atoms with van der Waals surface area (Å²) in [7, 11) is 0. The molecule has 84 valence electrons. The van der Waals surface area contributed by atoms with Crippen molar-refractivity contribution < 1.29 is 4.79 Å². The largest absolute Gasteiger partial charge is 0.334 e. The molecule has 1 aromatic rings. The number of benzene rings is 1. The standard InChI is InChI=1S/C14H17NO/c1-3-11(2)8-14(16)15-9-12-6-4-5-7-13(12)10-15/h3-7H,8-10H2,1-2H3/b11-3+. The van der Waals surface area contributed by atoms with E-state index in [1.807, 2.05) is 37.0 Å². The van der Waals surface area contributed by atoms with Crippen molar-refractivity contribution in [1.29, 1.82) is 0 Å². The lowest BCUT2D eigenvalue weighted by atomic mass is 10.1. The van der Waals surface area contributed by atoms with Crippen LogP contribution in [0.1, 0.15) is 31.4 Å². The van der Waals surface area contributed by atoms with E-state index in [1.54, 1.807) is 0 Å². The Kier molecular flexibility index (Phi) is 3.09. The summed E-state index contributed by atoms with van der Waals surface area (Å²) in [6.07, 6.45) is 2.55. The van der Waals surface area contributed by atoms with Crippen molar-refractivity contribution >= 4 is 5.91 Å². The molecule has 0 radical (unpaired) electrons. The zero-order valence-corrected chi connectivity index (χ0v) is 9.86. The number of amides is 1. The fourth-order valence-corrected chi connectivity index (χ4v) is 1.96. The summed E-state index contributed by atoms with van der Waals surface area (Å²) in [5.74, 6) is 0.229. The zero-order chi connectivity index (χ0) is 11.5. The highest BCUT2D eigenvalue weighted by molar-refractivity contribution is 5.79. The molecule has 1 aliphatic heterocycles. The lowest BCUT2D eigenvalue weighted by Gasteiger charge is -2.15. The third-order valence-corrected chi connectivity index (χ3v) is 3.12. The third-order valence-electron chi connectivity index (χ3n) is 3.12. The van der Waals surface area contributed by atoms with E-state index in [9.17, 15) is 4.79 Å². The highest BCUT2D eigenvalue weighted by Gasteiger charge is 2.22. The molecule has 0 spiro atoms. The van der Waals surface area contributed by atoms with Crippen molar-refractivity contribution in [2.45, 2.75) is 33.4 Å². The number of carbonyl (C=O) groups is 1. The molecule has 1 amide bonds. The molecule has 2 heteroatoms. The number of rotatable bonds is 2. The van der Waals surface area contributed by atoms with Gasteiger partial charge in [0.25, 0.3) is 0 Å². The topological polar surface area (TPSA) is 20.3 Å². The zero-order valence-electron chi connectivity index (χ0n) is 9.86. The molecule has 1 aromatic carbocycles. The second-order valence-corrected chi connectivity index (χ2v) is 4.33. The molecule has 0 saturated heterocycles. The van der Waals surface area contributed by atoms with Gasteiger partial charge in [-0.05, 0) is 25.0 Å². The third kappa shape index (κ3) is 2.16. The van der Waals surface area contributed by atoms with Gasteiger partial charge in [0, 0.05) is 19.5 Å². The first-order valence-electron chi connectivity index (χ1n) is 5.67. The van der Waals surface area contributed by atoms with E-state index in [0.717, 1.165) is 18.7 Å². The second kappa shape index (κ2) is 4.52. The van der Waals surface area contributed by atoms with Crippen LogP contribution in [0, 0.1) is 0 Å². The van der Waals surface area contributed by atoms with E-state index in [0.29, 0.717) is 6.42 Å². The first-order chi connectivity index (χ1) is 7.70. The van der Waals surface area contributed by atoms with Gasteiger partial charge in [-0.1, -0.05) is 35.9 Å². The van der Waals surface area contributed by atoms with E-state index >= 15 is 0 Å². The molecule has 2 nitrogen and oxygen atoms in total. The molecule has 2 rings (SSSR count). The maximum atomic E-state index is 12.0. The van der Waals surface area contributed by atoms with Crippen LogP contribution in [0.5, 0.6) is 0 Å². The van der Waals surface area contributed by atoms with Gasteiger partial charge in [-0.2, -0.15) is 0 Å². The van der Waals surface area contributed by atoms with E-state index in [-0.39, 0.29) is 5.91 Å². The molecule has 0 N–H and O–H groups in total. The van der Waals surface area contributed by atoms with Crippen molar-refractivity contribution in [2.24, 2.45) is 0 Å². The number of fused-ring (bicyclic) bond motifs is 1. The predicted octanol–water partition coefficient (Wildman–Crippen LogP) is 2.89. The van der Waals surface area contributed by atoms with E-state index in [2.05, 4.69) is 12.1 Å². The summed E-state index contributed by atoms with van der Waals surface area (Å²) in [4.78, 5) is 13.9. The number of hydrogen-bond donors (Lipinski definition) is 0. The molecule has 0 fully saturated rings. The molecule has 16 heavy (non-hydrogen) atoms. The van der Waals surface area contributed by atoms with Crippen LogP contribution >= 0.6 is 0 Å². The average molecular weight is 215 g/mol. The van der Waals surface area contributed by atoms with Gasteiger partial charge in [0.2, 0.25) is 5.91 Å². The van der Waals surface area contributed by atoms with Gasteiger partial charge in [-0.3, -0.25) is 4.79 Å². The Labute approximate surface area is 96.6 Å². The molecule has 0 saturated carbocycles. The Morgan fingerprint density at radius 3 is 2.38 bits per heavy atom.